The molecule has 2 rings (SSSR count). The first-order valence-corrected chi connectivity index (χ1v) is 5.11. The Morgan fingerprint density at radius 1 is 1.47 bits per heavy atom. The van der Waals surface area contributed by atoms with Crippen LogP contribution in [0.5, 0.6) is 0 Å². The van der Waals surface area contributed by atoms with Crippen molar-refractivity contribution in [3.63, 3.8) is 0 Å². The van der Waals surface area contributed by atoms with Crippen LogP contribution in [0, 0.1) is 0 Å². The Kier molecular flexibility index (Phi) is 2.86. The minimum Gasteiger partial charge on any atom is -0.477 e. The summed E-state index contributed by atoms with van der Waals surface area (Å²) in [5.74, 6) is -2.30. The zero-order valence-corrected chi connectivity index (χ0v) is 8.84. The fourth-order valence-electron chi connectivity index (χ4n) is 1.79. The lowest BCUT2D eigenvalue weighted by Crippen LogP contribution is -2.39. The van der Waals surface area contributed by atoms with Crippen LogP contribution in [-0.4, -0.2) is 27.9 Å². The van der Waals surface area contributed by atoms with Crippen molar-refractivity contribution in [2.45, 2.75) is 18.8 Å². The number of amides is 2. The van der Waals surface area contributed by atoms with E-state index in [0.717, 1.165) is 0 Å². The molecule has 0 aromatic carbocycles. The summed E-state index contributed by atoms with van der Waals surface area (Å²) in [6.45, 7) is 0. The number of rotatable bonds is 2. The van der Waals surface area contributed by atoms with Gasteiger partial charge in [-0.25, -0.2) is 9.78 Å². The number of nitrogens with one attached hydrogen (secondary N) is 1. The highest BCUT2D eigenvalue weighted by molar-refractivity contribution is 6.01. The number of pyridine rings is 1. The van der Waals surface area contributed by atoms with Crippen LogP contribution in [0.2, 0.25) is 0 Å². The summed E-state index contributed by atoms with van der Waals surface area (Å²) in [5, 5.41) is 11.0. The first-order chi connectivity index (χ1) is 8.08. The second-order valence-electron chi connectivity index (χ2n) is 3.78. The van der Waals surface area contributed by atoms with Crippen LogP contribution in [0.3, 0.4) is 0 Å². The molecule has 6 heteroatoms. The second kappa shape index (κ2) is 4.32. The van der Waals surface area contributed by atoms with Crippen LogP contribution < -0.4 is 5.32 Å². The maximum absolute atomic E-state index is 11.6. The topological polar surface area (TPSA) is 96.4 Å². The first-order valence-electron chi connectivity index (χ1n) is 5.11. The van der Waals surface area contributed by atoms with E-state index in [1.807, 2.05) is 0 Å². The summed E-state index contributed by atoms with van der Waals surface area (Å²) < 4.78 is 0. The molecule has 0 bridgehead atoms. The lowest BCUT2D eigenvalue weighted by molar-refractivity contribution is -0.134. The van der Waals surface area contributed by atoms with E-state index >= 15 is 0 Å². The van der Waals surface area contributed by atoms with Gasteiger partial charge in [0, 0.05) is 12.6 Å². The van der Waals surface area contributed by atoms with Gasteiger partial charge in [0.1, 0.15) is 5.69 Å². The number of aromatic nitrogens is 1. The molecule has 1 aliphatic heterocycles. The lowest BCUT2D eigenvalue weighted by Gasteiger charge is -2.20. The van der Waals surface area contributed by atoms with Gasteiger partial charge >= 0.3 is 5.97 Å². The fraction of sp³-hybridized carbons (Fsp3) is 0.273. The van der Waals surface area contributed by atoms with Gasteiger partial charge in [-0.05, 0) is 24.1 Å². The molecule has 88 valence electrons. The van der Waals surface area contributed by atoms with Crippen molar-refractivity contribution < 1.29 is 19.5 Å². The average molecular weight is 234 g/mol. The molecule has 1 aromatic rings. The zero-order valence-electron chi connectivity index (χ0n) is 8.84. The maximum atomic E-state index is 11.6. The summed E-state index contributed by atoms with van der Waals surface area (Å²) in [4.78, 5) is 37.0. The van der Waals surface area contributed by atoms with Gasteiger partial charge in [-0.3, -0.25) is 14.9 Å². The number of piperidine rings is 1. The van der Waals surface area contributed by atoms with Crippen molar-refractivity contribution in [1.29, 1.82) is 0 Å². The highest BCUT2D eigenvalue weighted by Gasteiger charge is 2.28. The van der Waals surface area contributed by atoms with Crippen LogP contribution in [0.4, 0.5) is 0 Å². The molecule has 0 radical (unpaired) electrons. The number of imide groups is 1. The number of nitrogens with zero attached hydrogens (tertiary/aromatic N) is 1. The molecular weight excluding hydrogens is 224 g/mol. The Balaban J connectivity index is 2.28. The van der Waals surface area contributed by atoms with Crippen molar-refractivity contribution in [3.8, 4) is 0 Å². The third-order valence-corrected chi connectivity index (χ3v) is 2.64. The third kappa shape index (κ3) is 2.30. The molecule has 1 aromatic heterocycles. The van der Waals surface area contributed by atoms with Gasteiger partial charge < -0.3 is 5.11 Å². The highest BCUT2D eigenvalue weighted by atomic mass is 16.4. The fourth-order valence-corrected chi connectivity index (χ4v) is 1.79. The minimum atomic E-state index is -1.14. The monoisotopic (exact) mass is 234 g/mol. The van der Waals surface area contributed by atoms with E-state index in [0.29, 0.717) is 12.0 Å². The molecule has 17 heavy (non-hydrogen) atoms. The number of carbonyl (C=O) groups is 3. The van der Waals surface area contributed by atoms with Gasteiger partial charge in [-0.1, -0.05) is 0 Å². The molecule has 1 unspecified atom stereocenters. The average Bonchev–Trinajstić information content (AvgIpc) is 2.29. The SMILES string of the molecule is O=C1CCC(c2ccnc(C(=O)O)c2)C(=O)N1. The van der Waals surface area contributed by atoms with Crippen LogP contribution in [0.25, 0.3) is 0 Å². The number of hydrogen-bond donors (Lipinski definition) is 2. The van der Waals surface area contributed by atoms with E-state index in [9.17, 15) is 14.4 Å². The molecule has 0 spiro atoms. The largest absolute Gasteiger partial charge is 0.477 e. The third-order valence-electron chi connectivity index (χ3n) is 2.64. The molecule has 0 aliphatic carbocycles. The summed E-state index contributed by atoms with van der Waals surface area (Å²) in [7, 11) is 0. The predicted octanol–water partition coefficient (Wildman–Crippen LogP) is 0.300. The summed E-state index contributed by atoms with van der Waals surface area (Å²) in [6, 6.07) is 2.95. The van der Waals surface area contributed by atoms with Gasteiger partial charge in [0.05, 0.1) is 5.92 Å². The van der Waals surface area contributed by atoms with Gasteiger partial charge in [0.15, 0.2) is 0 Å². The number of carboxylic acids is 1. The molecule has 1 aliphatic rings. The first kappa shape index (κ1) is 11.3. The standard InChI is InChI=1S/C11H10N2O4/c14-9-2-1-7(10(15)13-9)6-3-4-12-8(5-6)11(16)17/h3-5,7H,1-2H2,(H,16,17)(H,13,14,15). The van der Waals surface area contributed by atoms with Crippen molar-refractivity contribution in [2.24, 2.45) is 0 Å². The summed E-state index contributed by atoms with van der Waals surface area (Å²) in [5.41, 5.74) is 0.467. The second-order valence-corrected chi connectivity index (χ2v) is 3.78. The van der Waals surface area contributed by atoms with E-state index in [1.54, 1.807) is 6.07 Å². The van der Waals surface area contributed by atoms with Gasteiger partial charge in [0.25, 0.3) is 0 Å². The smallest absolute Gasteiger partial charge is 0.354 e. The van der Waals surface area contributed by atoms with Crippen LogP contribution in [-0.2, 0) is 9.59 Å². The Bertz CT molecular complexity index is 498. The van der Waals surface area contributed by atoms with Gasteiger partial charge in [-0.2, -0.15) is 0 Å². The Morgan fingerprint density at radius 3 is 2.88 bits per heavy atom. The van der Waals surface area contributed by atoms with E-state index < -0.39 is 11.9 Å². The Morgan fingerprint density at radius 2 is 2.24 bits per heavy atom. The normalized spacial score (nSPS) is 19.9. The van der Waals surface area contributed by atoms with E-state index in [4.69, 9.17) is 5.11 Å². The maximum Gasteiger partial charge on any atom is 0.354 e. The molecule has 0 saturated carbocycles. The molecule has 6 nitrogen and oxygen atoms in total. The van der Waals surface area contributed by atoms with E-state index in [1.165, 1.54) is 12.3 Å². The molecule has 1 fully saturated rings. The quantitative estimate of drug-likeness (QED) is 0.717. The Labute approximate surface area is 96.7 Å². The van der Waals surface area contributed by atoms with E-state index in [-0.39, 0.29) is 23.9 Å². The summed E-state index contributed by atoms with van der Waals surface area (Å²) >= 11 is 0. The zero-order chi connectivity index (χ0) is 12.4. The molecule has 1 saturated heterocycles. The Hall–Kier alpha value is -2.24. The van der Waals surface area contributed by atoms with Crippen LogP contribution in [0.1, 0.15) is 34.8 Å². The van der Waals surface area contributed by atoms with Crippen LogP contribution in [0.15, 0.2) is 18.3 Å². The number of carboxylic acid groups (broad SMARTS) is 1. The van der Waals surface area contributed by atoms with Gasteiger partial charge in [0.2, 0.25) is 11.8 Å². The predicted molar refractivity (Wildman–Crippen MR) is 56.3 cm³/mol. The molecule has 1 atom stereocenters. The van der Waals surface area contributed by atoms with Crippen molar-refractivity contribution >= 4 is 17.8 Å². The lowest BCUT2D eigenvalue weighted by atomic mass is 9.91. The molecule has 2 heterocycles. The van der Waals surface area contributed by atoms with Gasteiger partial charge in [-0.15, -0.1) is 0 Å². The highest BCUT2D eigenvalue weighted by Crippen LogP contribution is 2.24. The van der Waals surface area contributed by atoms with Crippen molar-refractivity contribution in [3.05, 3.63) is 29.6 Å². The van der Waals surface area contributed by atoms with Crippen molar-refractivity contribution in [2.75, 3.05) is 0 Å². The number of hydrogen-bond acceptors (Lipinski definition) is 4. The minimum absolute atomic E-state index is 0.104. The molecular formula is C11H10N2O4. The molecule has 2 N–H and O–H groups in total. The van der Waals surface area contributed by atoms with Crippen molar-refractivity contribution in [1.82, 2.24) is 10.3 Å². The molecule has 2 amide bonds. The number of aromatic carboxylic acids is 1. The van der Waals surface area contributed by atoms with E-state index in [2.05, 4.69) is 10.3 Å². The number of carbonyl (C=O) groups excluding carboxylic acids is 2. The summed E-state index contributed by atoms with van der Waals surface area (Å²) in [6.07, 6.45) is 2.01. The van der Waals surface area contributed by atoms with Crippen LogP contribution >= 0.6 is 0 Å².